The van der Waals surface area contributed by atoms with Gasteiger partial charge in [-0.2, -0.15) is 0 Å². The van der Waals surface area contributed by atoms with Crippen LogP contribution in [0.3, 0.4) is 0 Å². The monoisotopic (exact) mass is 175 g/mol. The molecule has 0 spiro atoms. The fraction of sp³-hybridized carbons (Fsp3) is 1.00. The molecule has 0 aromatic heterocycles. The van der Waals surface area contributed by atoms with Crippen molar-refractivity contribution in [1.82, 2.24) is 5.32 Å². The van der Waals surface area contributed by atoms with Gasteiger partial charge >= 0.3 is 0 Å². The lowest BCUT2D eigenvalue weighted by atomic mass is 9.96. The van der Waals surface area contributed by atoms with E-state index in [0.29, 0.717) is 6.42 Å². The summed E-state index contributed by atoms with van der Waals surface area (Å²) in [5.74, 6) is 0. The van der Waals surface area contributed by atoms with Crippen LogP contribution in [0.25, 0.3) is 0 Å². The van der Waals surface area contributed by atoms with Crippen LogP contribution in [0.4, 0.5) is 0 Å². The minimum Gasteiger partial charge on any atom is -0.394 e. The highest BCUT2D eigenvalue weighted by Crippen LogP contribution is 2.12. The van der Waals surface area contributed by atoms with E-state index in [1.807, 2.05) is 0 Å². The Balaban J connectivity index is 2.28. The first-order chi connectivity index (χ1) is 5.74. The fourth-order valence-corrected chi connectivity index (χ4v) is 1.54. The van der Waals surface area contributed by atoms with Crippen molar-refractivity contribution in [2.45, 2.75) is 37.5 Å². The molecule has 12 heavy (non-hydrogen) atoms. The molecule has 0 aliphatic carbocycles. The summed E-state index contributed by atoms with van der Waals surface area (Å²) in [4.78, 5) is 0. The SMILES string of the molecule is OC[C@@H](O)C[C@H]1NCCC[C@@H]1O. The Morgan fingerprint density at radius 2 is 2.25 bits per heavy atom. The molecule has 0 bridgehead atoms. The van der Waals surface area contributed by atoms with Crippen LogP contribution in [0.2, 0.25) is 0 Å². The van der Waals surface area contributed by atoms with Gasteiger partial charge in [-0.05, 0) is 25.8 Å². The van der Waals surface area contributed by atoms with Gasteiger partial charge in [-0.1, -0.05) is 0 Å². The van der Waals surface area contributed by atoms with Gasteiger partial charge < -0.3 is 20.6 Å². The van der Waals surface area contributed by atoms with Gasteiger partial charge in [0.2, 0.25) is 0 Å². The van der Waals surface area contributed by atoms with Gasteiger partial charge in [0.1, 0.15) is 0 Å². The fourth-order valence-electron chi connectivity index (χ4n) is 1.54. The van der Waals surface area contributed by atoms with E-state index in [-0.39, 0.29) is 18.8 Å². The lowest BCUT2D eigenvalue weighted by Crippen LogP contribution is -2.46. The Labute approximate surface area is 72.2 Å². The van der Waals surface area contributed by atoms with Crippen molar-refractivity contribution >= 4 is 0 Å². The predicted octanol–water partition coefficient (Wildman–Crippen LogP) is -1.16. The smallest absolute Gasteiger partial charge is 0.0786 e. The number of nitrogens with one attached hydrogen (secondary N) is 1. The summed E-state index contributed by atoms with van der Waals surface area (Å²) in [5.41, 5.74) is 0. The Kier molecular flexibility index (Phi) is 3.94. The van der Waals surface area contributed by atoms with Crippen molar-refractivity contribution in [2.24, 2.45) is 0 Å². The zero-order valence-electron chi connectivity index (χ0n) is 7.11. The summed E-state index contributed by atoms with van der Waals surface area (Å²) in [7, 11) is 0. The van der Waals surface area contributed by atoms with Crippen LogP contribution in [0.5, 0.6) is 0 Å². The van der Waals surface area contributed by atoms with Gasteiger partial charge in [0.25, 0.3) is 0 Å². The van der Waals surface area contributed by atoms with Crippen LogP contribution in [0, 0.1) is 0 Å². The van der Waals surface area contributed by atoms with Crippen molar-refractivity contribution in [1.29, 1.82) is 0 Å². The summed E-state index contributed by atoms with van der Waals surface area (Å²) in [5, 5.41) is 30.3. The largest absolute Gasteiger partial charge is 0.394 e. The third-order valence-electron chi connectivity index (χ3n) is 2.28. The topological polar surface area (TPSA) is 72.7 Å². The van der Waals surface area contributed by atoms with Crippen LogP contribution in [0.15, 0.2) is 0 Å². The van der Waals surface area contributed by atoms with Crippen LogP contribution < -0.4 is 5.32 Å². The second kappa shape index (κ2) is 4.77. The van der Waals surface area contributed by atoms with E-state index in [1.165, 1.54) is 0 Å². The molecule has 4 nitrogen and oxygen atoms in total. The van der Waals surface area contributed by atoms with E-state index in [9.17, 15) is 5.11 Å². The molecule has 1 saturated heterocycles. The first-order valence-electron chi connectivity index (χ1n) is 4.44. The average Bonchev–Trinajstić information content (AvgIpc) is 2.09. The van der Waals surface area contributed by atoms with Gasteiger partial charge in [0.15, 0.2) is 0 Å². The van der Waals surface area contributed by atoms with Gasteiger partial charge in [-0.3, -0.25) is 0 Å². The van der Waals surface area contributed by atoms with E-state index in [1.54, 1.807) is 0 Å². The minimum absolute atomic E-state index is 0.0547. The average molecular weight is 175 g/mol. The highest BCUT2D eigenvalue weighted by molar-refractivity contribution is 4.82. The van der Waals surface area contributed by atoms with E-state index in [2.05, 4.69) is 5.32 Å². The third kappa shape index (κ3) is 2.71. The Morgan fingerprint density at radius 1 is 1.50 bits per heavy atom. The van der Waals surface area contributed by atoms with Crippen molar-refractivity contribution in [3.05, 3.63) is 0 Å². The quantitative estimate of drug-likeness (QED) is 0.437. The molecular weight excluding hydrogens is 158 g/mol. The first kappa shape index (κ1) is 9.92. The Morgan fingerprint density at radius 3 is 2.83 bits per heavy atom. The molecule has 0 saturated carbocycles. The zero-order valence-corrected chi connectivity index (χ0v) is 7.11. The van der Waals surface area contributed by atoms with E-state index >= 15 is 0 Å². The van der Waals surface area contributed by atoms with E-state index in [0.717, 1.165) is 19.4 Å². The minimum atomic E-state index is -0.713. The lowest BCUT2D eigenvalue weighted by Gasteiger charge is -2.30. The van der Waals surface area contributed by atoms with Gasteiger partial charge in [-0.25, -0.2) is 0 Å². The molecule has 1 fully saturated rings. The molecule has 0 aromatic rings. The van der Waals surface area contributed by atoms with Gasteiger partial charge in [0.05, 0.1) is 18.8 Å². The summed E-state index contributed by atoms with van der Waals surface area (Å²) >= 11 is 0. The van der Waals surface area contributed by atoms with E-state index < -0.39 is 6.10 Å². The van der Waals surface area contributed by atoms with Crippen molar-refractivity contribution in [2.75, 3.05) is 13.2 Å². The van der Waals surface area contributed by atoms with Crippen molar-refractivity contribution in [3.63, 3.8) is 0 Å². The van der Waals surface area contributed by atoms with Crippen LogP contribution in [0.1, 0.15) is 19.3 Å². The number of piperidine rings is 1. The first-order valence-corrected chi connectivity index (χ1v) is 4.44. The van der Waals surface area contributed by atoms with Crippen molar-refractivity contribution < 1.29 is 15.3 Å². The van der Waals surface area contributed by atoms with Gasteiger partial charge in [-0.15, -0.1) is 0 Å². The molecule has 4 N–H and O–H groups in total. The molecular formula is C8H17NO3. The number of hydrogen-bond acceptors (Lipinski definition) is 4. The molecule has 4 heteroatoms. The molecule has 72 valence electrons. The maximum Gasteiger partial charge on any atom is 0.0786 e. The van der Waals surface area contributed by atoms with Crippen LogP contribution in [-0.4, -0.2) is 46.7 Å². The molecule has 0 amide bonds. The maximum absolute atomic E-state index is 9.46. The molecule has 0 unspecified atom stereocenters. The Hall–Kier alpha value is -0.160. The standard InChI is InChI=1S/C8H17NO3/c10-5-6(11)4-7-8(12)2-1-3-9-7/h6-12H,1-5H2/t6-,7+,8-/m0/s1. The van der Waals surface area contributed by atoms with Gasteiger partial charge in [0, 0.05) is 6.04 Å². The molecule has 0 aromatic carbocycles. The highest BCUT2D eigenvalue weighted by Gasteiger charge is 2.24. The molecule has 1 aliphatic heterocycles. The summed E-state index contributed by atoms with van der Waals surface area (Å²) in [6.45, 7) is 0.658. The van der Waals surface area contributed by atoms with Crippen LogP contribution >= 0.6 is 0 Å². The summed E-state index contributed by atoms with van der Waals surface area (Å²) in [6.07, 6.45) is 1.11. The normalized spacial score (nSPS) is 33.2. The molecule has 3 atom stereocenters. The predicted molar refractivity (Wildman–Crippen MR) is 44.7 cm³/mol. The van der Waals surface area contributed by atoms with Crippen LogP contribution in [-0.2, 0) is 0 Å². The number of hydrogen-bond donors (Lipinski definition) is 4. The maximum atomic E-state index is 9.46. The van der Waals surface area contributed by atoms with E-state index in [4.69, 9.17) is 10.2 Å². The highest BCUT2D eigenvalue weighted by atomic mass is 16.3. The number of aliphatic hydroxyl groups is 3. The zero-order chi connectivity index (χ0) is 8.97. The summed E-state index contributed by atoms with van der Waals surface area (Å²) < 4.78 is 0. The second-order valence-corrected chi connectivity index (χ2v) is 3.34. The molecule has 1 rings (SSSR count). The summed E-state index contributed by atoms with van der Waals surface area (Å²) in [6, 6.07) is -0.0547. The number of rotatable bonds is 3. The molecule has 1 heterocycles. The Bertz CT molecular complexity index is 131. The second-order valence-electron chi connectivity index (χ2n) is 3.34. The third-order valence-corrected chi connectivity index (χ3v) is 2.28. The lowest BCUT2D eigenvalue weighted by molar-refractivity contribution is 0.0363. The molecule has 1 aliphatic rings. The molecule has 0 radical (unpaired) electrons. The van der Waals surface area contributed by atoms with Crippen molar-refractivity contribution in [3.8, 4) is 0 Å². The number of aliphatic hydroxyl groups excluding tert-OH is 3.